The average molecular weight is 412 g/mol. The minimum atomic E-state index is -0.372. The van der Waals surface area contributed by atoms with E-state index in [1.165, 1.54) is 11.1 Å². The van der Waals surface area contributed by atoms with Gasteiger partial charge in [0.05, 0.1) is 12.0 Å². The van der Waals surface area contributed by atoms with E-state index in [9.17, 15) is 9.59 Å². The summed E-state index contributed by atoms with van der Waals surface area (Å²) in [7, 11) is 0. The number of hydrogen-bond donors (Lipinski definition) is 0. The van der Waals surface area contributed by atoms with Crippen molar-refractivity contribution in [1.29, 1.82) is 0 Å². The van der Waals surface area contributed by atoms with Crippen molar-refractivity contribution >= 4 is 11.8 Å². The predicted molar refractivity (Wildman–Crippen MR) is 118 cm³/mol. The van der Waals surface area contributed by atoms with Gasteiger partial charge in [0, 0.05) is 13.0 Å². The van der Waals surface area contributed by atoms with Crippen LogP contribution in [0.2, 0.25) is 0 Å². The molecule has 1 aromatic carbocycles. The van der Waals surface area contributed by atoms with Crippen LogP contribution in [0.5, 0.6) is 5.75 Å². The third-order valence-corrected chi connectivity index (χ3v) is 8.02. The van der Waals surface area contributed by atoms with Gasteiger partial charge in [0.25, 0.3) is 0 Å². The molecule has 2 amide bonds. The minimum absolute atomic E-state index is 0.0574. The number of carbonyl (C=O) groups is 2. The number of imide groups is 1. The zero-order chi connectivity index (χ0) is 21.3. The summed E-state index contributed by atoms with van der Waals surface area (Å²) in [4.78, 5) is 27.8. The lowest BCUT2D eigenvalue weighted by molar-refractivity contribution is -0.167. The second-order valence-corrected chi connectivity index (χ2v) is 9.84. The Balaban J connectivity index is 1.54. The topological polar surface area (TPSA) is 46.6 Å². The second kappa shape index (κ2) is 8.72. The number of unbranched alkanes of at least 4 members (excludes halogenated alkanes) is 2. The maximum absolute atomic E-state index is 13.4. The molecule has 2 fully saturated rings. The molecule has 4 rings (SSSR count). The zero-order valence-electron chi connectivity index (χ0n) is 18.9. The van der Waals surface area contributed by atoms with E-state index in [-0.39, 0.29) is 23.1 Å². The van der Waals surface area contributed by atoms with Gasteiger partial charge in [-0.3, -0.25) is 14.5 Å². The van der Waals surface area contributed by atoms with Crippen LogP contribution in [-0.4, -0.2) is 29.9 Å². The number of hydrogen-bond acceptors (Lipinski definition) is 3. The fourth-order valence-corrected chi connectivity index (χ4v) is 6.21. The van der Waals surface area contributed by atoms with Gasteiger partial charge >= 0.3 is 0 Å². The number of rotatable bonds is 7. The van der Waals surface area contributed by atoms with Gasteiger partial charge < -0.3 is 4.74 Å². The largest absolute Gasteiger partial charge is 0.494 e. The van der Waals surface area contributed by atoms with Crippen molar-refractivity contribution in [2.24, 2.45) is 17.3 Å². The third-order valence-electron chi connectivity index (χ3n) is 8.02. The van der Waals surface area contributed by atoms with Crippen molar-refractivity contribution in [2.45, 2.75) is 84.5 Å². The van der Waals surface area contributed by atoms with E-state index in [1.54, 1.807) is 4.90 Å². The summed E-state index contributed by atoms with van der Waals surface area (Å²) in [6.07, 6.45) is 8.71. The first-order valence-electron chi connectivity index (χ1n) is 12.1. The van der Waals surface area contributed by atoms with Crippen LogP contribution in [0.4, 0.5) is 0 Å². The number of ether oxygens (including phenoxy) is 1. The lowest BCUT2D eigenvalue weighted by Crippen LogP contribution is -2.59. The van der Waals surface area contributed by atoms with Crippen LogP contribution in [0.3, 0.4) is 0 Å². The Morgan fingerprint density at radius 3 is 2.70 bits per heavy atom. The quantitative estimate of drug-likeness (QED) is 0.440. The SMILES string of the molecule is CCCCOc1ccc2c(c1)CC[C@@H]1[C@@H]2CC[C@]2(C)C(=O)N(CCCC)C(=O)C[C@@H]12. The first-order valence-corrected chi connectivity index (χ1v) is 12.1. The fraction of sp³-hybridized carbons (Fsp3) is 0.692. The molecule has 0 spiro atoms. The molecule has 30 heavy (non-hydrogen) atoms. The molecule has 1 aromatic rings. The number of fused-ring (bicyclic) bond motifs is 5. The molecular formula is C26H37NO3. The van der Waals surface area contributed by atoms with Gasteiger partial charge in [-0.1, -0.05) is 39.7 Å². The first-order chi connectivity index (χ1) is 14.5. The highest BCUT2D eigenvalue weighted by Crippen LogP contribution is 2.58. The predicted octanol–water partition coefficient (Wildman–Crippen LogP) is 5.49. The van der Waals surface area contributed by atoms with Crippen molar-refractivity contribution in [3.05, 3.63) is 29.3 Å². The molecule has 0 unspecified atom stereocenters. The number of aryl methyl sites for hydroxylation is 1. The first kappa shape index (κ1) is 21.4. The van der Waals surface area contributed by atoms with Gasteiger partial charge in [0.2, 0.25) is 11.8 Å². The second-order valence-electron chi connectivity index (χ2n) is 9.84. The van der Waals surface area contributed by atoms with E-state index < -0.39 is 0 Å². The minimum Gasteiger partial charge on any atom is -0.494 e. The molecule has 1 saturated heterocycles. The molecule has 0 N–H and O–H groups in total. The van der Waals surface area contributed by atoms with Crippen molar-refractivity contribution in [3.63, 3.8) is 0 Å². The molecule has 0 aromatic heterocycles. The van der Waals surface area contributed by atoms with E-state index in [4.69, 9.17) is 4.74 Å². The monoisotopic (exact) mass is 411 g/mol. The molecule has 4 atom stereocenters. The van der Waals surface area contributed by atoms with Gasteiger partial charge in [-0.2, -0.15) is 0 Å². The third kappa shape index (κ3) is 3.67. The van der Waals surface area contributed by atoms with Crippen LogP contribution >= 0.6 is 0 Å². The summed E-state index contributed by atoms with van der Waals surface area (Å²) < 4.78 is 5.93. The number of carbonyl (C=O) groups excluding carboxylic acids is 2. The van der Waals surface area contributed by atoms with Crippen molar-refractivity contribution in [3.8, 4) is 5.75 Å². The highest BCUT2D eigenvalue weighted by atomic mass is 16.5. The van der Waals surface area contributed by atoms with Gasteiger partial charge in [-0.25, -0.2) is 0 Å². The van der Waals surface area contributed by atoms with Crippen LogP contribution < -0.4 is 4.74 Å². The van der Waals surface area contributed by atoms with Gasteiger partial charge in [0.1, 0.15) is 5.75 Å². The number of piperidine rings is 1. The van der Waals surface area contributed by atoms with Crippen LogP contribution in [0.1, 0.15) is 89.2 Å². The van der Waals surface area contributed by atoms with Gasteiger partial charge in [-0.15, -0.1) is 0 Å². The Morgan fingerprint density at radius 1 is 1.13 bits per heavy atom. The highest BCUT2D eigenvalue weighted by molar-refractivity contribution is 6.01. The summed E-state index contributed by atoms with van der Waals surface area (Å²) in [5, 5.41) is 0. The van der Waals surface area contributed by atoms with Crippen molar-refractivity contribution < 1.29 is 14.3 Å². The Kier molecular flexibility index (Phi) is 6.22. The van der Waals surface area contributed by atoms with E-state index in [2.05, 4.69) is 39.0 Å². The van der Waals surface area contributed by atoms with Gasteiger partial charge in [-0.05, 0) is 79.5 Å². The molecule has 1 heterocycles. The molecule has 2 aliphatic carbocycles. The molecule has 3 aliphatic rings. The molecule has 164 valence electrons. The molecule has 1 aliphatic heterocycles. The zero-order valence-corrected chi connectivity index (χ0v) is 18.9. The van der Waals surface area contributed by atoms with Crippen LogP contribution in [0, 0.1) is 17.3 Å². The molecule has 4 heteroatoms. The Hall–Kier alpha value is -1.84. The maximum atomic E-state index is 13.4. The molecular weight excluding hydrogens is 374 g/mol. The van der Waals surface area contributed by atoms with Crippen molar-refractivity contribution in [2.75, 3.05) is 13.2 Å². The standard InChI is InChI=1S/C26H37NO3/c1-4-6-14-27-24(28)17-23-22-10-8-18-16-19(30-15-7-5-2)9-11-20(18)21(22)12-13-26(23,3)25(27)29/h9,11,16,21-23H,4-8,10,12-15,17H2,1-3H3/t21-,22-,23+,26+/m1/s1. The average Bonchev–Trinajstić information content (AvgIpc) is 2.74. The molecule has 0 radical (unpaired) electrons. The number of amides is 2. The van der Waals surface area contributed by atoms with Crippen molar-refractivity contribution in [1.82, 2.24) is 4.90 Å². The number of nitrogens with zero attached hydrogens (tertiary/aromatic N) is 1. The van der Waals surface area contributed by atoms with Crippen LogP contribution in [0.25, 0.3) is 0 Å². The highest BCUT2D eigenvalue weighted by Gasteiger charge is 2.57. The number of benzene rings is 1. The summed E-state index contributed by atoms with van der Waals surface area (Å²) in [6.45, 7) is 7.79. The van der Waals surface area contributed by atoms with E-state index >= 15 is 0 Å². The lowest BCUT2D eigenvalue weighted by atomic mass is 9.52. The smallest absolute Gasteiger partial charge is 0.235 e. The normalized spacial score (nSPS) is 30.5. The number of likely N-dealkylation sites (tertiary alicyclic amines) is 1. The maximum Gasteiger partial charge on any atom is 0.235 e. The Bertz CT molecular complexity index is 803. The summed E-state index contributed by atoms with van der Waals surface area (Å²) in [6, 6.07) is 6.61. The molecule has 0 bridgehead atoms. The Labute approximate surface area is 181 Å². The fourth-order valence-electron chi connectivity index (χ4n) is 6.21. The van der Waals surface area contributed by atoms with E-state index in [0.29, 0.717) is 24.8 Å². The van der Waals surface area contributed by atoms with Gasteiger partial charge in [0.15, 0.2) is 0 Å². The molecule has 1 saturated carbocycles. The lowest BCUT2D eigenvalue weighted by Gasteiger charge is -2.54. The summed E-state index contributed by atoms with van der Waals surface area (Å²) >= 11 is 0. The van der Waals surface area contributed by atoms with E-state index in [1.807, 2.05) is 0 Å². The van der Waals surface area contributed by atoms with E-state index in [0.717, 1.165) is 63.7 Å². The van der Waals surface area contributed by atoms with Crippen LogP contribution in [-0.2, 0) is 16.0 Å². The Morgan fingerprint density at radius 2 is 1.93 bits per heavy atom. The summed E-state index contributed by atoms with van der Waals surface area (Å²) in [5.74, 6) is 2.23. The van der Waals surface area contributed by atoms with Crippen LogP contribution in [0.15, 0.2) is 18.2 Å². The summed E-state index contributed by atoms with van der Waals surface area (Å²) in [5.41, 5.74) is 2.47. The molecule has 4 nitrogen and oxygen atoms in total.